The van der Waals surface area contributed by atoms with Crippen LogP contribution >= 0.6 is 0 Å². The van der Waals surface area contributed by atoms with Crippen molar-refractivity contribution >= 4 is 26.7 Å². The molecule has 142 valence electrons. The molecule has 1 aliphatic rings. The minimum Gasteiger partial charge on any atom is -0.355 e. The van der Waals surface area contributed by atoms with Gasteiger partial charge in [0.2, 0.25) is 9.84 Å². The Bertz CT molecular complexity index is 1170. The van der Waals surface area contributed by atoms with Crippen molar-refractivity contribution in [2.75, 3.05) is 18.0 Å². The van der Waals surface area contributed by atoms with Crippen LogP contribution < -0.4 is 4.90 Å². The summed E-state index contributed by atoms with van der Waals surface area (Å²) in [5.74, 6) is -0.121. The lowest BCUT2D eigenvalue weighted by molar-refractivity contribution is 0.589. The smallest absolute Gasteiger partial charge is 0.200 e. The maximum atomic E-state index is 13.2. The molecule has 3 aromatic rings. The number of fused-ring (bicyclic) bond motifs is 1. The Morgan fingerprint density at radius 2 is 1.61 bits per heavy atom. The van der Waals surface area contributed by atoms with E-state index in [9.17, 15) is 18.1 Å². The van der Waals surface area contributed by atoms with E-state index in [1.54, 1.807) is 12.1 Å². The van der Waals surface area contributed by atoms with Crippen LogP contribution in [0.2, 0.25) is 0 Å². The summed E-state index contributed by atoms with van der Waals surface area (Å²) in [6.07, 6.45) is 1.94. The Kier molecular flexibility index (Phi) is 4.69. The number of benzene rings is 2. The predicted molar refractivity (Wildman–Crippen MR) is 103 cm³/mol. The third kappa shape index (κ3) is 3.18. The SMILES string of the molecule is N#C[C@@H](c1nc2ccccc2nc1N1CCCC1)S(=O)(=O)c1ccc(F)cc1. The van der Waals surface area contributed by atoms with Crippen molar-refractivity contribution < 1.29 is 12.8 Å². The molecule has 0 aliphatic carbocycles. The molecule has 4 rings (SSSR count). The molecule has 0 bridgehead atoms. The molecule has 1 atom stereocenters. The van der Waals surface area contributed by atoms with E-state index in [1.807, 2.05) is 23.1 Å². The Labute approximate surface area is 162 Å². The molecule has 1 aromatic heterocycles. The Morgan fingerprint density at radius 1 is 1.00 bits per heavy atom. The van der Waals surface area contributed by atoms with E-state index in [0.29, 0.717) is 16.9 Å². The van der Waals surface area contributed by atoms with Crippen LogP contribution in [0.25, 0.3) is 11.0 Å². The standard InChI is InChI=1S/C20H17FN4O2S/c21-14-7-9-15(10-8-14)28(26,27)18(13-22)19-20(25-11-3-4-12-25)24-17-6-2-1-5-16(17)23-19/h1-2,5-10,18H,3-4,11-12H2/t18-/m0/s1. The van der Waals surface area contributed by atoms with Crippen LogP contribution in [0.1, 0.15) is 23.8 Å². The number of halogens is 1. The van der Waals surface area contributed by atoms with E-state index in [2.05, 4.69) is 9.97 Å². The molecule has 2 heterocycles. The molecule has 0 radical (unpaired) electrons. The van der Waals surface area contributed by atoms with Crippen molar-refractivity contribution in [1.82, 2.24) is 9.97 Å². The molecule has 0 amide bonds. The summed E-state index contributed by atoms with van der Waals surface area (Å²) in [5.41, 5.74) is 1.28. The first-order chi connectivity index (χ1) is 13.5. The second kappa shape index (κ2) is 7.17. The maximum Gasteiger partial charge on any atom is 0.200 e. The molecular formula is C20H17FN4O2S. The quantitative estimate of drug-likeness (QED) is 0.628. The molecule has 6 nitrogen and oxygen atoms in total. The van der Waals surface area contributed by atoms with Crippen LogP contribution in [0.3, 0.4) is 0 Å². The molecule has 0 spiro atoms. The van der Waals surface area contributed by atoms with Crippen LogP contribution in [0.5, 0.6) is 0 Å². The zero-order valence-electron chi connectivity index (χ0n) is 14.9. The third-order valence-electron chi connectivity index (χ3n) is 4.80. The molecule has 0 N–H and O–H groups in total. The van der Waals surface area contributed by atoms with Gasteiger partial charge in [0.15, 0.2) is 11.1 Å². The molecule has 1 fully saturated rings. The van der Waals surface area contributed by atoms with Gasteiger partial charge in [0.25, 0.3) is 0 Å². The average Bonchev–Trinajstić information content (AvgIpc) is 3.23. The van der Waals surface area contributed by atoms with Gasteiger partial charge in [-0.25, -0.2) is 22.8 Å². The third-order valence-corrected chi connectivity index (χ3v) is 6.68. The van der Waals surface area contributed by atoms with Gasteiger partial charge in [-0.15, -0.1) is 0 Å². The Morgan fingerprint density at radius 3 is 2.21 bits per heavy atom. The highest BCUT2D eigenvalue weighted by molar-refractivity contribution is 7.92. The normalized spacial score (nSPS) is 15.5. The summed E-state index contributed by atoms with van der Waals surface area (Å²) in [5, 5.41) is 8.24. The number of hydrogen-bond donors (Lipinski definition) is 0. The number of rotatable bonds is 4. The molecule has 0 saturated carbocycles. The van der Waals surface area contributed by atoms with Crippen LogP contribution in [0, 0.1) is 17.1 Å². The minimum atomic E-state index is -4.10. The molecule has 0 unspecified atom stereocenters. The number of para-hydroxylation sites is 2. The summed E-state index contributed by atoms with van der Waals surface area (Å²) >= 11 is 0. The second-order valence-electron chi connectivity index (χ2n) is 6.62. The molecule has 1 aliphatic heterocycles. The minimum absolute atomic E-state index is 0.118. The van der Waals surface area contributed by atoms with Gasteiger partial charge in [0, 0.05) is 13.1 Å². The summed E-state index contributed by atoms with van der Waals surface area (Å²) in [7, 11) is -4.10. The molecule has 1 saturated heterocycles. The zero-order chi connectivity index (χ0) is 19.7. The van der Waals surface area contributed by atoms with Gasteiger partial charge in [-0.1, -0.05) is 12.1 Å². The van der Waals surface area contributed by atoms with Crippen LogP contribution in [0.15, 0.2) is 53.4 Å². The van der Waals surface area contributed by atoms with Crippen LogP contribution in [0.4, 0.5) is 10.2 Å². The van der Waals surface area contributed by atoms with E-state index in [-0.39, 0.29) is 10.6 Å². The Balaban J connectivity index is 1.90. The fourth-order valence-electron chi connectivity index (χ4n) is 3.38. The highest BCUT2D eigenvalue weighted by Crippen LogP contribution is 2.35. The summed E-state index contributed by atoms with van der Waals surface area (Å²) in [4.78, 5) is 11.0. The van der Waals surface area contributed by atoms with Gasteiger partial charge in [0.05, 0.1) is 22.0 Å². The lowest BCUT2D eigenvalue weighted by Gasteiger charge is -2.22. The lowest BCUT2D eigenvalue weighted by Crippen LogP contribution is -2.24. The summed E-state index contributed by atoms with van der Waals surface area (Å²) in [6, 6.07) is 13.5. The van der Waals surface area contributed by atoms with E-state index in [4.69, 9.17) is 0 Å². The second-order valence-corrected chi connectivity index (χ2v) is 8.66. The van der Waals surface area contributed by atoms with Crippen molar-refractivity contribution in [3.05, 3.63) is 60.0 Å². The van der Waals surface area contributed by atoms with Crippen molar-refractivity contribution in [2.45, 2.75) is 23.0 Å². The van der Waals surface area contributed by atoms with Gasteiger partial charge in [-0.3, -0.25) is 0 Å². The summed E-state index contributed by atoms with van der Waals surface area (Å²) in [6.45, 7) is 1.46. The number of sulfone groups is 1. The fraction of sp³-hybridized carbons (Fsp3) is 0.250. The van der Waals surface area contributed by atoms with E-state index in [1.165, 1.54) is 12.1 Å². The average molecular weight is 396 g/mol. The van der Waals surface area contributed by atoms with Crippen molar-refractivity contribution in [2.24, 2.45) is 0 Å². The van der Waals surface area contributed by atoms with Gasteiger partial charge in [-0.05, 0) is 49.2 Å². The highest BCUT2D eigenvalue weighted by Gasteiger charge is 2.35. The van der Waals surface area contributed by atoms with Gasteiger partial charge in [-0.2, -0.15) is 5.26 Å². The monoisotopic (exact) mass is 396 g/mol. The van der Waals surface area contributed by atoms with Crippen molar-refractivity contribution in [1.29, 1.82) is 5.26 Å². The largest absolute Gasteiger partial charge is 0.355 e. The highest BCUT2D eigenvalue weighted by atomic mass is 32.2. The zero-order valence-corrected chi connectivity index (χ0v) is 15.7. The first-order valence-electron chi connectivity index (χ1n) is 8.91. The predicted octanol–water partition coefficient (Wildman–Crippen LogP) is 3.41. The van der Waals surface area contributed by atoms with Crippen LogP contribution in [-0.4, -0.2) is 31.5 Å². The fourth-order valence-corrected chi connectivity index (χ4v) is 4.76. The van der Waals surface area contributed by atoms with E-state index in [0.717, 1.165) is 38.1 Å². The first-order valence-corrected chi connectivity index (χ1v) is 10.5. The van der Waals surface area contributed by atoms with E-state index >= 15 is 0 Å². The molecule has 28 heavy (non-hydrogen) atoms. The van der Waals surface area contributed by atoms with Crippen molar-refractivity contribution in [3.63, 3.8) is 0 Å². The van der Waals surface area contributed by atoms with E-state index < -0.39 is 20.9 Å². The lowest BCUT2D eigenvalue weighted by atomic mass is 10.2. The molecular weight excluding hydrogens is 379 g/mol. The number of hydrogen-bond acceptors (Lipinski definition) is 6. The topological polar surface area (TPSA) is 86.9 Å². The number of anilines is 1. The van der Waals surface area contributed by atoms with Crippen molar-refractivity contribution in [3.8, 4) is 6.07 Å². The van der Waals surface area contributed by atoms with Gasteiger partial charge < -0.3 is 4.90 Å². The molecule has 8 heteroatoms. The maximum absolute atomic E-state index is 13.2. The Hall–Kier alpha value is -3.05. The number of nitrogens with zero attached hydrogens (tertiary/aromatic N) is 4. The number of aromatic nitrogens is 2. The van der Waals surface area contributed by atoms with Gasteiger partial charge >= 0.3 is 0 Å². The number of nitriles is 1. The first kappa shape index (κ1) is 18.3. The summed E-state index contributed by atoms with van der Waals surface area (Å²) < 4.78 is 39.5. The molecule has 2 aromatic carbocycles. The van der Waals surface area contributed by atoms with Crippen LogP contribution in [-0.2, 0) is 9.84 Å². The van der Waals surface area contributed by atoms with Gasteiger partial charge in [0.1, 0.15) is 11.5 Å².